The number of hydrogen-bond donors (Lipinski definition) is 2. The Hall–Kier alpha value is -2.37. The minimum absolute atomic E-state index is 0.0936. The Morgan fingerprint density at radius 3 is 2.56 bits per heavy atom. The number of benzene rings is 2. The fourth-order valence-electron chi connectivity index (χ4n) is 2.19. The molecule has 0 aliphatic carbocycles. The standard InChI is InChI=1S/C20H26N2O3/c1-15(2)19(21)20(23)22-17-8-6-7-16(13-17)14-24-11-12-25-18-9-4-3-5-10-18/h3-10,13,15,19H,11-12,14,21H2,1-2H3,(H,22,23)/t19-/m0/s1. The summed E-state index contributed by atoms with van der Waals surface area (Å²) in [5.74, 6) is 0.748. The molecular weight excluding hydrogens is 316 g/mol. The van der Waals surface area contributed by atoms with Crippen LogP contribution in [0.4, 0.5) is 5.69 Å². The molecule has 0 aromatic heterocycles. The number of carbonyl (C=O) groups is 1. The zero-order chi connectivity index (χ0) is 18.1. The van der Waals surface area contributed by atoms with E-state index in [0.29, 0.717) is 19.8 Å². The van der Waals surface area contributed by atoms with E-state index in [1.807, 2.05) is 68.4 Å². The number of hydrogen-bond acceptors (Lipinski definition) is 4. The van der Waals surface area contributed by atoms with Gasteiger partial charge in [-0.1, -0.05) is 44.2 Å². The van der Waals surface area contributed by atoms with E-state index in [2.05, 4.69) is 5.32 Å². The van der Waals surface area contributed by atoms with E-state index in [9.17, 15) is 4.79 Å². The van der Waals surface area contributed by atoms with Gasteiger partial charge in [0.25, 0.3) is 0 Å². The molecule has 0 fully saturated rings. The van der Waals surface area contributed by atoms with E-state index in [0.717, 1.165) is 17.0 Å². The van der Waals surface area contributed by atoms with Crippen molar-refractivity contribution in [2.75, 3.05) is 18.5 Å². The molecule has 0 unspecified atom stereocenters. The van der Waals surface area contributed by atoms with Gasteiger partial charge in [0, 0.05) is 5.69 Å². The van der Waals surface area contributed by atoms with Crippen LogP contribution in [0.25, 0.3) is 0 Å². The van der Waals surface area contributed by atoms with Crippen LogP contribution in [0.5, 0.6) is 5.75 Å². The predicted octanol–water partition coefficient (Wildman–Crippen LogP) is 3.20. The number of amides is 1. The number of carbonyl (C=O) groups excluding carboxylic acids is 1. The lowest BCUT2D eigenvalue weighted by atomic mass is 10.0. The van der Waals surface area contributed by atoms with E-state index in [4.69, 9.17) is 15.2 Å². The summed E-state index contributed by atoms with van der Waals surface area (Å²) in [6, 6.07) is 16.7. The first-order chi connectivity index (χ1) is 12.1. The first-order valence-electron chi connectivity index (χ1n) is 8.47. The van der Waals surface area contributed by atoms with E-state index in [1.165, 1.54) is 0 Å². The summed E-state index contributed by atoms with van der Waals surface area (Å²) < 4.78 is 11.2. The second-order valence-electron chi connectivity index (χ2n) is 6.17. The molecule has 0 aliphatic heterocycles. The molecule has 2 aromatic carbocycles. The topological polar surface area (TPSA) is 73.6 Å². The summed E-state index contributed by atoms with van der Waals surface area (Å²) in [5, 5.41) is 2.84. The first kappa shape index (κ1) is 19.0. The summed E-state index contributed by atoms with van der Waals surface area (Å²) in [7, 11) is 0. The Balaban J connectivity index is 1.74. The van der Waals surface area contributed by atoms with Crippen LogP contribution < -0.4 is 15.8 Å². The molecule has 2 aromatic rings. The third kappa shape index (κ3) is 6.57. The fourth-order valence-corrected chi connectivity index (χ4v) is 2.19. The molecule has 0 heterocycles. The molecule has 1 amide bonds. The Morgan fingerprint density at radius 2 is 1.84 bits per heavy atom. The van der Waals surface area contributed by atoms with Crippen molar-refractivity contribution >= 4 is 11.6 Å². The summed E-state index contributed by atoms with van der Waals surface area (Å²) in [6.45, 7) is 5.28. The van der Waals surface area contributed by atoms with Crippen molar-refractivity contribution in [1.82, 2.24) is 0 Å². The Labute approximate surface area is 149 Å². The van der Waals surface area contributed by atoms with Crippen molar-refractivity contribution in [1.29, 1.82) is 0 Å². The van der Waals surface area contributed by atoms with E-state index in [1.54, 1.807) is 0 Å². The zero-order valence-electron chi connectivity index (χ0n) is 14.8. The normalized spacial score (nSPS) is 12.0. The average molecular weight is 342 g/mol. The highest BCUT2D eigenvalue weighted by atomic mass is 16.5. The molecule has 5 nitrogen and oxygen atoms in total. The number of nitrogens with one attached hydrogen (secondary N) is 1. The Morgan fingerprint density at radius 1 is 1.08 bits per heavy atom. The highest BCUT2D eigenvalue weighted by molar-refractivity contribution is 5.94. The van der Waals surface area contributed by atoms with Gasteiger partial charge >= 0.3 is 0 Å². The van der Waals surface area contributed by atoms with Crippen molar-refractivity contribution in [3.63, 3.8) is 0 Å². The smallest absolute Gasteiger partial charge is 0.241 e. The van der Waals surface area contributed by atoms with Crippen LogP contribution in [0.2, 0.25) is 0 Å². The lowest BCUT2D eigenvalue weighted by molar-refractivity contribution is -0.118. The van der Waals surface area contributed by atoms with Crippen LogP contribution in [0.15, 0.2) is 54.6 Å². The van der Waals surface area contributed by atoms with E-state index < -0.39 is 6.04 Å². The van der Waals surface area contributed by atoms with E-state index >= 15 is 0 Å². The molecule has 25 heavy (non-hydrogen) atoms. The molecular formula is C20H26N2O3. The quantitative estimate of drug-likeness (QED) is 0.686. The first-order valence-corrected chi connectivity index (χ1v) is 8.47. The summed E-state index contributed by atoms with van der Waals surface area (Å²) >= 11 is 0. The molecule has 0 saturated heterocycles. The highest BCUT2D eigenvalue weighted by Gasteiger charge is 2.17. The summed E-state index contributed by atoms with van der Waals surface area (Å²) in [4.78, 5) is 12.0. The van der Waals surface area contributed by atoms with Crippen LogP contribution >= 0.6 is 0 Å². The maximum Gasteiger partial charge on any atom is 0.241 e. The van der Waals surface area contributed by atoms with Crippen molar-refractivity contribution in [3.05, 3.63) is 60.2 Å². The van der Waals surface area contributed by atoms with Gasteiger partial charge < -0.3 is 20.5 Å². The van der Waals surface area contributed by atoms with Crippen LogP contribution in [-0.2, 0) is 16.1 Å². The molecule has 0 spiro atoms. The van der Waals surface area contributed by atoms with Gasteiger partial charge in [-0.05, 0) is 35.7 Å². The molecule has 0 saturated carbocycles. The lowest BCUT2D eigenvalue weighted by Gasteiger charge is -2.15. The predicted molar refractivity (Wildman–Crippen MR) is 99.5 cm³/mol. The molecule has 5 heteroatoms. The van der Waals surface area contributed by atoms with Gasteiger partial charge in [-0.25, -0.2) is 0 Å². The number of anilines is 1. The Bertz CT molecular complexity index is 659. The lowest BCUT2D eigenvalue weighted by Crippen LogP contribution is -2.39. The van der Waals surface area contributed by atoms with Gasteiger partial charge in [0.2, 0.25) is 5.91 Å². The Kier molecular flexibility index (Phi) is 7.44. The van der Waals surface area contributed by atoms with Crippen molar-refractivity contribution < 1.29 is 14.3 Å². The van der Waals surface area contributed by atoms with Crippen LogP contribution in [0, 0.1) is 5.92 Å². The van der Waals surface area contributed by atoms with Crippen molar-refractivity contribution in [3.8, 4) is 5.75 Å². The van der Waals surface area contributed by atoms with Gasteiger partial charge in [-0.3, -0.25) is 4.79 Å². The van der Waals surface area contributed by atoms with Gasteiger partial charge in [0.15, 0.2) is 0 Å². The molecule has 0 bridgehead atoms. The number of rotatable bonds is 9. The second-order valence-corrected chi connectivity index (χ2v) is 6.17. The average Bonchev–Trinajstić information content (AvgIpc) is 2.62. The minimum atomic E-state index is -0.518. The van der Waals surface area contributed by atoms with Gasteiger partial charge in [-0.15, -0.1) is 0 Å². The third-order valence-corrected chi connectivity index (χ3v) is 3.72. The monoisotopic (exact) mass is 342 g/mol. The molecule has 0 radical (unpaired) electrons. The second kappa shape index (κ2) is 9.81. The maximum atomic E-state index is 12.0. The van der Waals surface area contributed by atoms with Crippen molar-refractivity contribution in [2.45, 2.75) is 26.5 Å². The highest BCUT2D eigenvalue weighted by Crippen LogP contribution is 2.13. The van der Waals surface area contributed by atoms with Gasteiger partial charge in [0.05, 0.1) is 19.3 Å². The molecule has 2 rings (SSSR count). The number of ether oxygens (including phenoxy) is 2. The number of para-hydroxylation sites is 1. The van der Waals surface area contributed by atoms with Crippen LogP contribution in [-0.4, -0.2) is 25.2 Å². The number of nitrogens with two attached hydrogens (primary N) is 1. The molecule has 1 atom stereocenters. The van der Waals surface area contributed by atoms with Crippen LogP contribution in [0.1, 0.15) is 19.4 Å². The largest absolute Gasteiger partial charge is 0.491 e. The maximum absolute atomic E-state index is 12.0. The zero-order valence-corrected chi connectivity index (χ0v) is 14.8. The minimum Gasteiger partial charge on any atom is -0.491 e. The van der Waals surface area contributed by atoms with Gasteiger partial charge in [-0.2, -0.15) is 0 Å². The van der Waals surface area contributed by atoms with Crippen molar-refractivity contribution in [2.24, 2.45) is 11.7 Å². The summed E-state index contributed by atoms with van der Waals surface area (Å²) in [5.41, 5.74) is 7.56. The fraction of sp³-hybridized carbons (Fsp3) is 0.350. The summed E-state index contributed by atoms with van der Waals surface area (Å²) in [6.07, 6.45) is 0. The van der Waals surface area contributed by atoms with Crippen LogP contribution in [0.3, 0.4) is 0 Å². The molecule has 0 aliphatic rings. The molecule has 3 N–H and O–H groups in total. The third-order valence-electron chi connectivity index (χ3n) is 3.72. The van der Waals surface area contributed by atoms with E-state index in [-0.39, 0.29) is 11.8 Å². The SMILES string of the molecule is CC(C)[C@H](N)C(=O)Nc1cccc(COCCOc2ccccc2)c1. The molecule has 134 valence electrons. The van der Waals surface area contributed by atoms with Gasteiger partial charge in [0.1, 0.15) is 12.4 Å².